The van der Waals surface area contributed by atoms with E-state index < -0.39 is 0 Å². The lowest BCUT2D eigenvalue weighted by Gasteiger charge is -2.24. The fourth-order valence-corrected chi connectivity index (χ4v) is 2.16. The highest BCUT2D eigenvalue weighted by atomic mass is 16.5. The molecule has 0 spiro atoms. The lowest BCUT2D eigenvalue weighted by Crippen LogP contribution is -2.23. The minimum atomic E-state index is -0.377. The molecule has 0 aromatic heterocycles. The molecule has 88 valence electrons. The Morgan fingerprint density at radius 2 is 2.29 bits per heavy atom. The van der Waals surface area contributed by atoms with Crippen LogP contribution in [-0.2, 0) is 16.0 Å². The van der Waals surface area contributed by atoms with Gasteiger partial charge in [-0.2, -0.15) is 0 Å². The predicted octanol–water partition coefficient (Wildman–Crippen LogP) is 2.67. The van der Waals surface area contributed by atoms with Crippen LogP contribution in [0.15, 0.2) is 24.3 Å². The molecule has 1 atom stereocenters. The number of Topliss-reactive ketones (excluding diaryl/α,β-unsaturated/α-hetero) is 1. The zero-order valence-electron chi connectivity index (χ0n) is 9.82. The third-order valence-corrected chi connectivity index (χ3v) is 3.03. The standard InChI is InChI=1S/C15H16O2/c1-2-3-4-9-14(16)15-13-8-6-5-7-12(13)10-11-17-15/h1,5-8,15H,3-4,9-11H2. The summed E-state index contributed by atoms with van der Waals surface area (Å²) in [4.78, 5) is 12.0. The molecule has 17 heavy (non-hydrogen) atoms. The average Bonchev–Trinajstić information content (AvgIpc) is 2.38. The second-order valence-electron chi connectivity index (χ2n) is 4.22. The van der Waals surface area contributed by atoms with Gasteiger partial charge in [0.1, 0.15) is 6.10 Å². The molecule has 1 aromatic rings. The Hall–Kier alpha value is -1.59. The van der Waals surface area contributed by atoms with Gasteiger partial charge in [-0.3, -0.25) is 4.79 Å². The van der Waals surface area contributed by atoms with Gasteiger partial charge in [0.2, 0.25) is 0 Å². The molecular formula is C15H16O2. The highest BCUT2D eigenvalue weighted by molar-refractivity contribution is 5.85. The zero-order valence-corrected chi connectivity index (χ0v) is 9.82. The van der Waals surface area contributed by atoms with Crippen molar-refractivity contribution < 1.29 is 9.53 Å². The number of carbonyl (C=O) groups excluding carboxylic acids is 1. The van der Waals surface area contributed by atoms with E-state index in [9.17, 15) is 4.79 Å². The number of ketones is 1. The van der Waals surface area contributed by atoms with Crippen LogP contribution in [-0.4, -0.2) is 12.4 Å². The number of rotatable bonds is 4. The molecular weight excluding hydrogens is 212 g/mol. The second-order valence-corrected chi connectivity index (χ2v) is 4.22. The van der Waals surface area contributed by atoms with Gasteiger partial charge in [-0.1, -0.05) is 24.3 Å². The van der Waals surface area contributed by atoms with E-state index in [2.05, 4.69) is 12.0 Å². The molecule has 2 heteroatoms. The Labute approximate surface area is 102 Å². The molecule has 0 amide bonds. The molecule has 1 aliphatic heterocycles. The fourth-order valence-electron chi connectivity index (χ4n) is 2.16. The maximum Gasteiger partial charge on any atom is 0.166 e. The summed E-state index contributed by atoms with van der Waals surface area (Å²) < 4.78 is 5.60. The first-order chi connectivity index (χ1) is 8.33. The molecule has 1 aliphatic rings. The van der Waals surface area contributed by atoms with Crippen LogP contribution in [0.3, 0.4) is 0 Å². The lowest BCUT2D eigenvalue weighted by molar-refractivity contribution is -0.131. The Morgan fingerprint density at radius 3 is 3.12 bits per heavy atom. The summed E-state index contributed by atoms with van der Waals surface area (Å²) >= 11 is 0. The quantitative estimate of drug-likeness (QED) is 0.585. The van der Waals surface area contributed by atoms with Crippen molar-refractivity contribution in [2.45, 2.75) is 31.8 Å². The van der Waals surface area contributed by atoms with Crippen LogP contribution in [0.1, 0.15) is 36.5 Å². The first-order valence-corrected chi connectivity index (χ1v) is 5.98. The van der Waals surface area contributed by atoms with Crippen LogP contribution < -0.4 is 0 Å². The third-order valence-electron chi connectivity index (χ3n) is 3.03. The number of terminal acetylenes is 1. The monoisotopic (exact) mass is 228 g/mol. The second kappa shape index (κ2) is 5.65. The van der Waals surface area contributed by atoms with E-state index in [1.54, 1.807) is 0 Å². The summed E-state index contributed by atoms with van der Waals surface area (Å²) in [7, 11) is 0. The molecule has 1 aromatic carbocycles. The topological polar surface area (TPSA) is 26.3 Å². The average molecular weight is 228 g/mol. The van der Waals surface area contributed by atoms with Crippen molar-refractivity contribution in [3.8, 4) is 12.3 Å². The Kier molecular flexibility index (Phi) is 3.95. The van der Waals surface area contributed by atoms with Crippen molar-refractivity contribution in [3.05, 3.63) is 35.4 Å². The van der Waals surface area contributed by atoms with Crippen molar-refractivity contribution in [2.24, 2.45) is 0 Å². The minimum absolute atomic E-state index is 0.146. The number of fused-ring (bicyclic) bond motifs is 1. The van der Waals surface area contributed by atoms with Crippen molar-refractivity contribution in [2.75, 3.05) is 6.61 Å². The minimum Gasteiger partial charge on any atom is -0.365 e. The first-order valence-electron chi connectivity index (χ1n) is 5.98. The van der Waals surface area contributed by atoms with Crippen LogP contribution >= 0.6 is 0 Å². The van der Waals surface area contributed by atoms with Crippen molar-refractivity contribution >= 4 is 5.78 Å². The van der Waals surface area contributed by atoms with E-state index in [1.807, 2.05) is 18.2 Å². The first kappa shape index (κ1) is 11.9. The summed E-state index contributed by atoms with van der Waals surface area (Å²) in [5, 5.41) is 0. The highest BCUT2D eigenvalue weighted by Crippen LogP contribution is 2.28. The normalized spacial score (nSPS) is 18.2. The van der Waals surface area contributed by atoms with E-state index in [1.165, 1.54) is 5.56 Å². The van der Waals surface area contributed by atoms with Crippen molar-refractivity contribution in [1.82, 2.24) is 0 Å². The molecule has 0 fully saturated rings. The largest absolute Gasteiger partial charge is 0.365 e. The van der Waals surface area contributed by atoms with Gasteiger partial charge in [0.15, 0.2) is 5.78 Å². The molecule has 2 rings (SSSR count). The lowest BCUT2D eigenvalue weighted by atomic mass is 9.93. The van der Waals surface area contributed by atoms with Gasteiger partial charge in [-0.25, -0.2) is 0 Å². The maximum absolute atomic E-state index is 12.0. The van der Waals surface area contributed by atoms with Crippen molar-refractivity contribution in [3.63, 3.8) is 0 Å². The van der Waals surface area contributed by atoms with Gasteiger partial charge in [0.25, 0.3) is 0 Å². The van der Waals surface area contributed by atoms with Crippen molar-refractivity contribution in [1.29, 1.82) is 0 Å². The zero-order chi connectivity index (χ0) is 12.1. The fraction of sp³-hybridized carbons (Fsp3) is 0.400. The molecule has 0 N–H and O–H groups in total. The summed E-state index contributed by atoms with van der Waals surface area (Å²) in [5.74, 6) is 2.70. The Balaban J connectivity index is 2.08. The van der Waals surface area contributed by atoms with E-state index in [0.29, 0.717) is 19.4 Å². The smallest absolute Gasteiger partial charge is 0.166 e. The summed E-state index contributed by atoms with van der Waals surface area (Å²) in [5.41, 5.74) is 2.26. The van der Waals surface area contributed by atoms with Crippen LogP contribution in [0.4, 0.5) is 0 Å². The third kappa shape index (κ3) is 2.75. The van der Waals surface area contributed by atoms with E-state index >= 15 is 0 Å². The number of hydrogen-bond donors (Lipinski definition) is 0. The molecule has 2 nitrogen and oxygen atoms in total. The number of benzene rings is 1. The molecule has 0 aliphatic carbocycles. The highest BCUT2D eigenvalue weighted by Gasteiger charge is 2.26. The van der Waals surface area contributed by atoms with Gasteiger partial charge in [-0.15, -0.1) is 12.3 Å². The molecule has 1 unspecified atom stereocenters. The number of unbranched alkanes of at least 4 members (excludes halogenated alkanes) is 1. The van der Waals surface area contributed by atoms with Crippen LogP contribution in [0.25, 0.3) is 0 Å². The molecule has 0 radical (unpaired) electrons. The summed E-state index contributed by atoms with van der Waals surface area (Å²) in [6.45, 7) is 0.628. The van der Waals surface area contributed by atoms with Gasteiger partial charge in [0, 0.05) is 12.8 Å². The number of carbonyl (C=O) groups is 1. The van der Waals surface area contributed by atoms with Gasteiger partial charge < -0.3 is 4.74 Å². The molecule has 1 heterocycles. The summed E-state index contributed by atoms with van der Waals surface area (Å²) in [6, 6.07) is 8.01. The van der Waals surface area contributed by atoms with Gasteiger partial charge in [0.05, 0.1) is 6.61 Å². The van der Waals surface area contributed by atoms with E-state index in [4.69, 9.17) is 11.2 Å². The maximum atomic E-state index is 12.0. The van der Waals surface area contributed by atoms with Gasteiger partial charge >= 0.3 is 0 Å². The van der Waals surface area contributed by atoms with Crippen LogP contribution in [0.5, 0.6) is 0 Å². The van der Waals surface area contributed by atoms with Crippen LogP contribution in [0.2, 0.25) is 0 Å². The molecule has 0 saturated heterocycles. The number of ether oxygens (including phenoxy) is 1. The van der Waals surface area contributed by atoms with E-state index in [-0.39, 0.29) is 11.9 Å². The Morgan fingerprint density at radius 1 is 1.47 bits per heavy atom. The predicted molar refractivity (Wildman–Crippen MR) is 66.5 cm³/mol. The molecule has 0 saturated carbocycles. The molecule has 0 bridgehead atoms. The SMILES string of the molecule is C#CCCCC(=O)C1OCCc2ccccc21. The van der Waals surface area contributed by atoms with E-state index in [0.717, 1.165) is 18.4 Å². The Bertz CT molecular complexity index is 442. The van der Waals surface area contributed by atoms with Gasteiger partial charge in [-0.05, 0) is 24.0 Å². The van der Waals surface area contributed by atoms with Crippen LogP contribution in [0, 0.1) is 12.3 Å². The number of hydrogen-bond acceptors (Lipinski definition) is 2. The summed E-state index contributed by atoms with van der Waals surface area (Å²) in [6.07, 6.45) is 7.60.